The maximum atomic E-state index is 4.29. The van der Waals surface area contributed by atoms with Crippen molar-refractivity contribution in [2.24, 2.45) is 0 Å². The van der Waals surface area contributed by atoms with Crippen LogP contribution in [0.15, 0.2) is 12.4 Å². The molecule has 3 nitrogen and oxygen atoms in total. The normalized spacial score (nSPS) is 13.1. The fraction of sp³-hybridized carbons (Fsp3) is 0.667. The van der Waals surface area contributed by atoms with Gasteiger partial charge in [0.25, 0.3) is 0 Å². The predicted molar refractivity (Wildman–Crippen MR) is 63.0 cm³/mol. The van der Waals surface area contributed by atoms with Gasteiger partial charge in [0, 0.05) is 23.9 Å². The molecule has 1 atom stereocenters. The lowest BCUT2D eigenvalue weighted by Gasteiger charge is -2.12. The number of hydrogen-bond acceptors (Lipinski definition) is 3. The molecule has 0 bridgehead atoms. The Morgan fingerprint density at radius 3 is 2.60 bits per heavy atom. The van der Waals surface area contributed by atoms with Crippen molar-refractivity contribution in [1.82, 2.24) is 15.3 Å². The Balaban J connectivity index is 2.65. The van der Waals surface area contributed by atoms with Gasteiger partial charge in [0.1, 0.15) is 6.33 Å². The van der Waals surface area contributed by atoms with E-state index >= 15 is 0 Å². The predicted octanol–water partition coefficient (Wildman–Crippen LogP) is 2.14. The molecule has 0 aliphatic carbocycles. The van der Waals surface area contributed by atoms with Crippen LogP contribution in [0.4, 0.5) is 0 Å². The Morgan fingerprint density at radius 1 is 1.27 bits per heavy atom. The number of rotatable bonds is 5. The van der Waals surface area contributed by atoms with E-state index in [1.54, 1.807) is 6.33 Å². The van der Waals surface area contributed by atoms with E-state index in [1.165, 1.54) is 0 Å². The van der Waals surface area contributed by atoms with E-state index in [-0.39, 0.29) is 0 Å². The second-order valence-electron chi connectivity index (χ2n) is 4.25. The Hall–Kier alpha value is -0.960. The lowest BCUT2D eigenvalue weighted by molar-refractivity contribution is 0.558. The summed E-state index contributed by atoms with van der Waals surface area (Å²) >= 11 is 0. The van der Waals surface area contributed by atoms with Crippen LogP contribution in [-0.4, -0.2) is 22.6 Å². The molecule has 1 unspecified atom stereocenters. The summed E-state index contributed by atoms with van der Waals surface area (Å²) < 4.78 is 0. The minimum absolute atomic E-state index is 0.473. The van der Waals surface area contributed by atoms with Gasteiger partial charge in [-0.1, -0.05) is 20.8 Å². The molecule has 0 amide bonds. The van der Waals surface area contributed by atoms with Gasteiger partial charge >= 0.3 is 0 Å². The van der Waals surface area contributed by atoms with E-state index in [0.29, 0.717) is 12.0 Å². The standard InChI is InChI=1S/C12H21N3/c1-5-13-10(4)6-11-7-12(9(2)3)15-8-14-11/h7-10,13H,5-6H2,1-4H3. The maximum Gasteiger partial charge on any atom is 0.115 e. The molecule has 1 heterocycles. The van der Waals surface area contributed by atoms with E-state index in [0.717, 1.165) is 24.4 Å². The molecule has 0 aliphatic heterocycles. The lowest BCUT2D eigenvalue weighted by Crippen LogP contribution is -2.28. The molecular weight excluding hydrogens is 186 g/mol. The topological polar surface area (TPSA) is 37.8 Å². The molecule has 3 heteroatoms. The van der Waals surface area contributed by atoms with Crippen molar-refractivity contribution in [3.8, 4) is 0 Å². The molecule has 1 aromatic heterocycles. The quantitative estimate of drug-likeness (QED) is 0.804. The lowest BCUT2D eigenvalue weighted by atomic mass is 10.1. The third-order valence-electron chi connectivity index (χ3n) is 2.40. The minimum atomic E-state index is 0.473. The van der Waals surface area contributed by atoms with Gasteiger partial charge in [-0.25, -0.2) is 9.97 Å². The number of nitrogens with one attached hydrogen (secondary N) is 1. The third-order valence-corrected chi connectivity index (χ3v) is 2.40. The SMILES string of the molecule is CCNC(C)Cc1cc(C(C)C)ncn1. The van der Waals surface area contributed by atoms with Crippen molar-refractivity contribution >= 4 is 0 Å². The van der Waals surface area contributed by atoms with Gasteiger partial charge in [0.05, 0.1) is 0 Å². The smallest absolute Gasteiger partial charge is 0.115 e. The van der Waals surface area contributed by atoms with Crippen molar-refractivity contribution < 1.29 is 0 Å². The summed E-state index contributed by atoms with van der Waals surface area (Å²) in [4.78, 5) is 8.55. The molecule has 0 fully saturated rings. The van der Waals surface area contributed by atoms with Crippen molar-refractivity contribution in [1.29, 1.82) is 0 Å². The molecule has 0 saturated carbocycles. The van der Waals surface area contributed by atoms with Crippen LogP contribution in [-0.2, 0) is 6.42 Å². The van der Waals surface area contributed by atoms with Crippen LogP contribution >= 0.6 is 0 Å². The van der Waals surface area contributed by atoms with Crippen molar-refractivity contribution in [2.75, 3.05) is 6.54 Å². The molecule has 1 N–H and O–H groups in total. The highest BCUT2D eigenvalue weighted by Gasteiger charge is 2.06. The monoisotopic (exact) mass is 207 g/mol. The number of likely N-dealkylation sites (N-methyl/N-ethyl adjacent to an activating group) is 1. The summed E-state index contributed by atoms with van der Waals surface area (Å²) in [5.41, 5.74) is 2.26. The number of nitrogens with zero attached hydrogens (tertiary/aromatic N) is 2. The van der Waals surface area contributed by atoms with Gasteiger partial charge in [-0.15, -0.1) is 0 Å². The van der Waals surface area contributed by atoms with Crippen LogP contribution in [0, 0.1) is 0 Å². The highest BCUT2D eigenvalue weighted by Crippen LogP contribution is 2.11. The van der Waals surface area contributed by atoms with Gasteiger partial charge in [-0.05, 0) is 25.5 Å². The molecule has 0 aromatic carbocycles. The second-order valence-corrected chi connectivity index (χ2v) is 4.25. The van der Waals surface area contributed by atoms with Crippen LogP contribution < -0.4 is 5.32 Å². The zero-order valence-corrected chi connectivity index (χ0v) is 10.1. The van der Waals surface area contributed by atoms with Gasteiger partial charge in [-0.2, -0.15) is 0 Å². The second kappa shape index (κ2) is 5.81. The Kier molecular flexibility index (Phi) is 4.69. The van der Waals surface area contributed by atoms with E-state index in [9.17, 15) is 0 Å². The largest absolute Gasteiger partial charge is 0.314 e. The van der Waals surface area contributed by atoms with Crippen molar-refractivity contribution in [3.63, 3.8) is 0 Å². The van der Waals surface area contributed by atoms with Crippen molar-refractivity contribution in [3.05, 3.63) is 23.8 Å². The summed E-state index contributed by atoms with van der Waals surface area (Å²) in [5.74, 6) is 0.473. The first-order valence-electron chi connectivity index (χ1n) is 5.67. The maximum absolute atomic E-state index is 4.29. The van der Waals surface area contributed by atoms with Gasteiger partial charge in [0.2, 0.25) is 0 Å². The Bertz CT molecular complexity index is 297. The zero-order valence-electron chi connectivity index (χ0n) is 10.1. The zero-order chi connectivity index (χ0) is 11.3. The van der Waals surface area contributed by atoms with Crippen molar-refractivity contribution in [2.45, 2.75) is 46.1 Å². The Labute approximate surface area is 92.3 Å². The molecule has 0 aliphatic rings. The average Bonchev–Trinajstić information content (AvgIpc) is 2.18. The molecule has 1 aromatic rings. The van der Waals surface area contributed by atoms with Crippen LogP contribution in [0.3, 0.4) is 0 Å². The summed E-state index contributed by atoms with van der Waals surface area (Å²) in [7, 11) is 0. The fourth-order valence-corrected chi connectivity index (χ4v) is 1.58. The third kappa shape index (κ3) is 3.96. The van der Waals surface area contributed by atoms with Crippen LogP contribution in [0.25, 0.3) is 0 Å². The van der Waals surface area contributed by atoms with Crippen LogP contribution in [0.2, 0.25) is 0 Å². The summed E-state index contributed by atoms with van der Waals surface area (Å²) in [6.07, 6.45) is 2.64. The van der Waals surface area contributed by atoms with Crippen LogP contribution in [0.1, 0.15) is 45.0 Å². The first kappa shape index (κ1) is 12.1. The van der Waals surface area contributed by atoms with Gasteiger partial charge in [0.15, 0.2) is 0 Å². The summed E-state index contributed by atoms with van der Waals surface area (Å²) in [6.45, 7) is 9.61. The molecule has 15 heavy (non-hydrogen) atoms. The summed E-state index contributed by atoms with van der Waals surface area (Å²) in [6, 6.07) is 2.59. The van der Waals surface area contributed by atoms with Crippen LogP contribution in [0.5, 0.6) is 0 Å². The number of aromatic nitrogens is 2. The first-order chi connectivity index (χ1) is 7.13. The van der Waals surface area contributed by atoms with E-state index in [1.807, 2.05) is 0 Å². The minimum Gasteiger partial charge on any atom is -0.314 e. The molecule has 0 radical (unpaired) electrons. The molecular formula is C12H21N3. The number of hydrogen-bond donors (Lipinski definition) is 1. The van der Waals surface area contributed by atoms with E-state index < -0.39 is 0 Å². The highest BCUT2D eigenvalue weighted by atomic mass is 14.9. The highest BCUT2D eigenvalue weighted by molar-refractivity contribution is 5.12. The fourth-order valence-electron chi connectivity index (χ4n) is 1.58. The molecule has 0 saturated heterocycles. The van der Waals surface area contributed by atoms with Gasteiger partial charge in [-0.3, -0.25) is 0 Å². The molecule has 84 valence electrons. The van der Waals surface area contributed by atoms with E-state index in [2.05, 4.69) is 49.0 Å². The average molecular weight is 207 g/mol. The van der Waals surface area contributed by atoms with Gasteiger partial charge < -0.3 is 5.32 Å². The van der Waals surface area contributed by atoms with E-state index in [4.69, 9.17) is 0 Å². The molecule has 1 rings (SSSR count). The first-order valence-corrected chi connectivity index (χ1v) is 5.67. The Morgan fingerprint density at radius 2 is 2.00 bits per heavy atom. The summed E-state index contributed by atoms with van der Waals surface area (Å²) in [5, 5.41) is 3.38. The molecule has 0 spiro atoms.